The quantitative estimate of drug-likeness (QED) is 0.827. The highest BCUT2D eigenvalue weighted by Gasteiger charge is 2.15. The van der Waals surface area contributed by atoms with Gasteiger partial charge in [0.25, 0.3) is 0 Å². The summed E-state index contributed by atoms with van der Waals surface area (Å²) in [7, 11) is 0. The van der Waals surface area contributed by atoms with Crippen molar-refractivity contribution < 1.29 is 9.18 Å². The van der Waals surface area contributed by atoms with Crippen molar-refractivity contribution in [1.29, 1.82) is 0 Å². The average molecular weight is 250 g/mol. The lowest BCUT2D eigenvalue weighted by Gasteiger charge is -2.23. The van der Waals surface area contributed by atoms with Gasteiger partial charge in [0, 0.05) is 11.7 Å². The first-order valence-electron chi connectivity index (χ1n) is 6.49. The van der Waals surface area contributed by atoms with Gasteiger partial charge in [0.05, 0.1) is 0 Å². The summed E-state index contributed by atoms with van der Waals surface area (Å²) in [4.78, 5) is 11.8. The zero-order valence-electron chi connectivity index (χ0n) is 10.6. The van der Waals surface area contributed by atoms with Crippen molar-refractivity contribution in [2.75, 3.05) is 5.32 Å². The number of benzene rings is 1. The third-order valence-corrected chi connectivity index (χ3v) is 3.39. The van der Waals surface area contributed by atoms with Gasteiger partial charge < -0.3 is 10.6 Å². The molecular formula is C14H19FN2O. The first-order chi connectivity index (χ1) is 8.65. The lowest BCUT2D eigenvalue weighted by Crippen LogP contribution is -2.39. The molecule has 1 aliphatic carbocycles. The molecule has 1 aliphatic rings. The van der Waals surface area contributed by atoms with E-state index in [0.29, 0.717) is 5.69 Å². The number of carbonyl (C=O) groups is 1. The normalized spacial score (nSPS) is 16.3. The Balaban J connectivity index is 1.92. The van der Waals surface area contributed by atoms with Gasteiger partial charge in [-0.2, -0.15) is 0 Å². The van der Waals surface area contributed by atoms with E-state index in [1.807, 2.05) is 6.92 Å². The van der Waals surface area contributed by atoms with Gasteiger partial charge in [-0.05, 0) is 37.5 Å². The number of aryl methyl sites for hydroxylation is 1. The van der Waals surface area contributed by atoms with Crippen LogP contribution in [0.5, 0.6) is 0 Å². The fourth-order valence-corrected chi connectivity index (χ4v) is 2.32. The van der Waals surface area contributed by atoms with Gasteiger partial charge in [0.15, 0.2) is 0 Å². The molecule has 1 fully saturated rings. The Morgan fingerprint density at radius 1 is 1.28 bits per heavy atom. The fourth-order valence-electron chi connectivity index (χ4n) is 2.32. The molecule has 0 atom stereocenters. The van der Waals surface area contributed by atoms with E-state index in [1.165, 1.54) is 31.4 Å². The highest BCUT2D eigenvalue weighted by molar-refractivity contribution is 5.90. The molecule has 2 amide bonds. The minimum atomic E-state index is -0.339. The van der Waals surface area contributed by atoms with Crippen LogP contribution < -0.4 is 10.6 Å². The number of amides is 2. The molecule has 2 rings (SSSR count). The predicted octanol–water partition coefficient (Wildman–Crippen LogP) is 3.59. The van der Waals surface area contributed by atoms with Crippen LogP contribution in [0.25, 0.3) is 0 Å². The topological polar surface area (TPSA) is 41.1 Å². The SMILES string of the molecule is Cc1ccc(F)cc1NC(=O)NC1CCCCC1. The van der Waals surface area contributed by atoms with Crippen LogP contribution in [0.3, 0.4) is 0 Å². The first kappa shape index (κ1) is 12.9. The average Bonchev–Trinajstić information content (AvgIpc) is 2.35. The molecule has 0 bridgehead atoms. The first-order valence-corrected chi connectivity index (χ1v) is 6.49. The van der Waals surface area contributed by atoms with E-state index in [-0.39, 0.29) is 17.9 Å². The highest BCUT2D eigenvalue weighted by atomic mass is 19.1. The molecule has 0 heterocycles. The van der Waals surface area contributed by atoms with Crippen LogP contribution in [0.2, 0.25) is 0 Å². The van der Waals surface area contributed by atoms with Gasteiger partial charge in [-0.15, -0.1) is 0 Å². The largest absolute Gasteiger partial charge is 0.335 e. The van der Waals surface area contributed by atoms with Gasteiger partial charge in [0.1, 0.15) is 5.82 Å². The molecule has 3 nitrogen and oxygen atoms in total. The Labute approximate surface area is 107 Å². The van der Waals surface area contributed by atoms with Crippen LogP contribution >= 0.6 is 0 Å². The molecule has 0 unspecified atom stereocenters. The second kappa shape index (κ2) is 5.85. The smallest absolute Gasteiger partial charge is 0.319 e. The molecule has 0 aromatic heterocycles. The van der Waals surface area contributed by atoms with Crippen molar-refractivity contribution in [3.05, 3.63) is 29.6 Å². The molecule has 0 aliphatic heterocycles. The summed E-state index contributed by atoms with van der Waals surface area (Å²) in [6.45, 7) is 1.84. The summed E-state index contributed by atoms with van der Waals surface area (Å²) in [6, 6.07) is 4.41. The molecule has 1 aromatic carbocycles. The number of hydrogen-bond acceptors (Lipinski definition) is 1. The molecular weight excluding hydrogens is 231 g/mol. The summed E-state index contributed by atoms with van der Waals surface area (Å²) in [5.41, 5.74) is 1.39. The number of nitrogens with one attached hydrogen (secondary N) is 2. The van der Waals surface area contributed by atoms with Crippen LogP contribution in [0.4, 0.5) is 14.9 Å². The monoisotopic (exact) mass is 250 g/mol. The van der Waals surface area contributed by atoms with E-state index < -0.39 is 0 Å². The Hall–Kier alpha value is -1.58. The molecule has 18 heavy (non-hydrogen) atoms. The molecule has 4 heteroatoms. The van der Waals surface area contributed by atoms with Gasteiger partial charge in [0.2, 0.25) is 0 Å². The number of halogens is 1. The highest BCUT2D eigenvalue weighted by Crippen LogP contribution is 2.18. The Morgan fingerprint density at radius 2 is 2.00 bits per heavy atom. The summed E-state index contributed by atoms with van der Waals surface area (Å²) < 4.78 is 13.1. The van der Waals surface area contributed by atoms with Crippen LogP contribution in [0, 0.1) is 12.7 Å². The Kier molecular flexibility index (Phi) is 4.18. The third kappa shape index (κ3) is 3.45. The standard InChI is InChI=1S/C14H19FN2O/c1-10-7-8-11(15)9-13(10)17-14(18)16-12-5-3-2-4-6-12/h7-9,12H,2-6H2,1H3,(H2,16,17,18). The number of anilines is 1. The summed E-state index contributed by atoms with van der Waals surface area (Å²) in [6.07, 6.45) is 5.67. The van der Waals surface area contributed by atoms with Gasteiger partial charge >= 0.3 is 6.03 Å². The number of rotatable bonds is 2. The zero-order chi connectivity index (χ0) is 13.0. The van der Waals surface area contributed by atoms with E-state index in [2.05, 4.69) is 10.6 Å². The molecule has 0 spiro atoms. The maximum atomic E-state index is 13.1. The van der Waals surface area contributed by atoms with Crippen LogP contribution in [0.1, 0.15) is 37.7 Å². The number of urea groups is 1. The molecule has 1 aromatic rings. The van der Waals surface area contributed by atoms with Gasteiger partial charge in [-0.3, -0.25) is 0 Å². The van der Waals surface area contributed by atoms with Gasteiger partial charge in [-0.25, -0.2) is 9.18 Å². The van der Waals surface area contributed by atoms with E-state index in [9.17, 15) is 9.18 Å². The summed E-state index contributed by atoms with van der Waals surface area (Å²) in [5, 5.41) is 5.65. The molecule has 0 radical (unpaired) electrons. The third-order valence-electron chi connectivity index (χ3n) is 3.39. The minimum absolute atomic E-state index is 0.240. The fraction of sp³-hybridized carbons (Fsp3) is 0.500. The Morgan fingerprint density at radius 3 is 2.72 bits per heavy atom. The van der Waals surface area contributed by atoms with Crippen molar-refractivity contribution in [2.45, 2.75) is 45.1 Å². The molecule has 0 saturated heterocycles. The number of hydrogen-bond donors (Lipinski definition) is 2. The van der Waals surface area contributed by atoms with Crippen molar-refractivity contribution in [1.82, 2.24) is 5.32 Å². The van der Waals surface area contributed by atoms with E-state index >= 15 is 0 Å². The maximum absolute atomic E-state index is 13.1. The maximum Gasteiger partial charge on any atom is 0.319 e. The lowest BCUT2D eigenvalue weighted by atomic mass is 9.96. The van der Waals surface area contributed by atoms with Crippen LogP contribution in [-0.4, -0.2) is 12.1 Å². The zero-order valence-corrected chi connectivity index (χ0v) is 10.6. The second-order valence-electron chi connectivity index (χ2n) is 4.89. The van der Waals surface area contributed by atoms with Crippen LogP contribution in [0.15, 0.2) is 18.2 Å². The number of carbonyl (C=O) groups excluding carboxylic acids is 1. The summed E-state index contributed by atoms with van der Waals surface area (Å²) in [5.74, 6) is -0.339. The van der Waals surface area contributed by atoms with Crippen molar-refractivity contribution in [2.24, 2.45) is 0 Å². The summed E-state index contributed by atoms with van der Waals surface area (Å²) >= 11 is 0. The lowest BCUT2D eigenvalue weighted by molar-refractivity contribution is 0.244. The van der Waals surface area contributed by atoms with Crippen molar-refractivity contribution >= 4 is 11.7 Å². The predicted molar refractivity (Wildman–Crippen MR) is 70.2 cm³/mol. The van der Waals surface area contributed by atoms with Crippen molar-refractivity contribution in [3.8, 4) is 0 Å². The molecule has 2 N–H and O–H groups in total. The van der Waals surface area contributed by atoms with Gasteiger partial charge in [-0.1, -0.05) is 25.3 Å². The molecule has 98 valence electrons. The Bertz CT molecular complexity index is 428. The van der Waals surface area contributed by atoms with Crippen LogP contribution in [-0.2, 0) is 0 Å². The van der Waals surface area contributed by atoms with E-state index in [1.54, 1.807) is 6.07 Å². The van der Waals surface area contributed by atoms with E-state index in [0.717, 1.165) is 18.4 Å². The second-order valence-corrected chi connectivity index (χ2v) is 4.89. The minimum Gasteiger partial charge on any atom is -0.335 e. The van der Waals surface area contributed by atoms with E-state index in [4.69, 9.17) is 0 Å². The van der Waals surface area contributed by atoms with Crippen molar-refractivity contribution in [3.63, 3.8) is 0 Å². The molecule has 1 saturated carbocycles.